The maximum atomic E-state index is 6.18. The first-order valence-corrected chi connectivity index (χ1v) is 8.28. The second-order valence-corrected chi connectivity index (χ2v) is 3.91. The minimum Gasteiger partial charge on any atom is -0.339 e. The van der Waals surface area contributed by atoms with E-state index in [1.165, 1.54) is 11.8 Å². The number of anilines is 1. The van der Waals surface area contributed by atoms with Crippen molar-refractivity contribution in [1.29, 1.82) is 0 Å². The molecule has 2 rings (SSSR count). The average Bonchev–Trinajstić information content (AvgIpc) is 2.50. The number of aromatic nitrogens is 1. The molecule has 0 atom stereocenters. The Kier molecular flexibility index (Phi) is 7.32. The third-order valence-corrected chi connectivity index (χ3v) is 2.69. The van der Waals surface area contributed by atoms with Crippen molar-refractivity contribution in [2.45, 2.75) is 0 Å². The normalized spacial score (nSPS) is 10.5. The highest BCUT2D eigenvalue weighted by molar-refractivity contribution is 14.1. The third kappa shape index (κ3) is 4.35. The van der Waals surface area contributed by atoms with Crippen molar-refractivity contribution in [2.75, 3.05) is 17.8 Å². The number of para-hydroxylation sites is 1. The number of hydrogen-bond acceptors (Lipinski definition) is 3. The van der Waals surface area contributed by atoms with Crippen LogP contribution in [0, 0.1) is 0 Å². The van der Waals surface area contributed by atoms with Gasteiger partial charge in [0.15, 0.2) is 0 Å². The number of nitrogens with two attached hydrogens (primary N) is 1. The highest BCUT2D eigenvalue weighted by atomic mass is 127. The molecule has 2 aromatic rings. The predicted molar refractivity (Wildman–Crippen MR) is 92.0 cm³/mol. The summed E-state index contributed by atoms with van der Waals surface area (Å²) in [4.78, 5) is 11.3. The maximum Gasteiger partial charge on any atom is 0.322 e. The van der Waals surface area contributed by atoms with Gasteiger partial charge in [0.2, 0.25) is 0 Å². The van der Waals surface area contributed by atoms with E-state index < -0.39 is 0 Å². The van der Waals surface area contributed by atoms with Crippen LogP contribution in [0.4, 0.5) is 11.5 Å². The predicted octanol–water partition coefficient (Wildman–Crippen LogP) is 2.98. The van der Waals surface area contributed by atoms with Crippen molar-refractivity contribution >= 4 is 50.9 Å². The Morgan fingerprint density at radius 2 is 1.85 bits per heavy atom. The fraction of sp³-hybridized carbons (Fsp3) is 0.143. The summed E-state index contributed by atoms with van der Waals surface area (Å²) in [6.45, 7) is 0. The first kappa shape index (κ1) is 16.7. The molecule has 106 valence electrons. The number of nitrogen functional groups attached to an aromatic ring is 1. The fourth-order valence-electron chi connectivity index (χ4n) is 1.51. The zero-order valence-electron chi connectivity index (χ0n) is 11.3. The summed E-state index contributed by atoms with van der Waals surface area (Å²) >= 11 is 8.33. The Balaban J connectivity index is 0.000000956. The molecule has 1 heterocycles. The van der Waals surface area contributed by atoms with E-state index in [2.05, 4.69) is 27.6 Å². The molecule has 1 aromatic carbocycles. The minimum atomic E-state index is 0.324. The van der Waals surface area contributed by atoms with E-state index in [9.17, 15) is 0 Å². The van der Waals surface area contributed by atoms with E-state index >= 15 is 0 Å². The van der Waals surface area contributed by atoms with Gasteiger partial charge in [-0.3, -0.25) is 5.73 Å². The van der Waals surface area contributed by atoms with Crippen molar-refractivity contribution in [3.05, 3.63) is 54.2 Å². The van der Waals surface area contributed by atoms with Gasteiger partial charge < -0.3 is 4.84 Å². The fourth-order valence-corrected chi connectivity index (χ4v) is 1.77. The van der Waals surface area contributed by atoms with Gasteiger partial charge in [-0.15, -0.1) is 0 Å². The van der Waals surface area contributed by atoms with Crippen LogP contribution in [0.1, 0.15) is 5.56 Å². The standard InChI is InChI=1S/C13H12ClN3O.CH3I/c1-18-17-9-5-8-11(13(17)15)12(14)16-10-6-3-2-4-7-10;1-2/h2-9,15H,1H3;1H3/p+1. The van der Waals surface area contributed by atoms with Gasteiger partial charge in [-0.2, -0.15) is 0 Å². The lowest BCUT2D eigenvalue weighted by atomic mass is 10.2. The Morgan fingerprint density at radius 1 is 1.20 bits per heavy atom. The van der Waals surface area contributed by atoms with Crippen LogP contribution in [0.2, 0.25) is 0 Å². The smallest absolute Gasteiger partial charge is 0.322 e. The zero-order chi connectivity index (χ0) is 15.0. The van der Waals surface area contributed by atoms with Crippen molar-refractivity contribution in [3.63, 3.8) is 0 Å². The maximum absolute atomic E-state index is 6.18. The molecule has 2 N–H and O–H groups in total. The molecule has 0 aliphatic heterocycles. The number of aliphatic imine (C=N–C) groups is 1. The largest absolute Gasteiger partial charge is 0.339 e. The highest BCUT2D eigenvalue weighted by Crippen LogP contribution is 2.16. The molecule has 0 saturated carbocycles. The van der Waals surface area contributed by atoms with Gasteiger partial charge >= 0.3 is 5.82 Å². The summed E-state index contributed by atoms with van der Waals surface area (Å²) in [5.41, 5.74) is 7.32. The topological polar surface area (TPSA) is 51.5 Å². The summed E-state index contributed by atoms with van der Waals surface area (Å²) in [7, 11) is 1.53. The Hall–Kier alpha value is -1.34. The molecule has 0 unspecified atom stereocenters. The molecule has 0 saturated heterocycles. The van der Waals surface area contributed by atoms with Crippen LogP contribution in [-0.2, 0) is 0 Å². The second-order valence-electron chi connectivity index (χ2n) is 3.55. The lowest BCUT2D eigenvalue weighted by Crippen LogP contribution is -2.43. The number of alkyl halides is 1. The molecular weight excluding hydrogens is 389 g/mol. The lowest BCUT2D eigenvalue weighted by Gasteiger charge is -2.03. The van der Waals surface area contributed by atoms with Gasteiger partial charge in [-0.25, -0.2) is 4.99 Å². The average molecular weight is 405 g/mol. The summed E-state index contributed by atoms with van der Waals surface area (Å²) < 4.78 is 1.43. The summed E-state index contributed by atoms with van der Waals surface area (Å²) in [6.07, 6.45) is 1.70. The van der Waals surface area contributed by atoms with Crippen LogP contribution >= 0.6 is 34.2 Å². The van der Waals surface area contributed by atoms with E-state index in [1.54, 1.807) is 18.3 Å². The van der Waals surface area contributed by atoms with Gasteiger partial charge in [0.25, 0.3) is 0 Å². The van der Waals surface area contributed by atoms with Crippen molar-refractivity contribution in [2.24, 2.45) is 4.99 Å². The monoisotopic (exact) mass is 404 g/mol. The molecule has 0 fully saturated rings. The van der Waals surface area contributed by atoms with Crippen LogP contribution < -0.4 is 15.3 Å². The highest BCUT2D eigenvalue weighted by Gasteiger charge is 2.14. The quantitative estimate of drug-likeness (QED) is 0.370. The van der Waals surface area contributed by atoms with Crippen LogP contribution in [0.3, 0.4) is 0 Å². The number of halogens is 2. The second kappa shape index (κ2) is 8.76. The molecule has 0 radical (unpaired) electrons. The van der Waals surface area contributed by atoms with Crippen LogP contribution in [0.15, 0.2) is 53.7 Å². The van der Waals surface area contributed by atoms with E-state index in [4.69, 9.17) is 22.2 Å². The van der Waals surface area contributed by atoms with Gasteiger partial charge in [-0.05, 0) is 33.9 Å². The van der Waals surface area contributed by atoms with Crippen molar-refractivity contribution in [3.8, 4) is 0 Å². The van der Waals surface area contributed by atoms with Gasteiger partial charge in [0, 0.05) is 0 Å². The molecule has 0 aliphatic carbocycles. The summed E-state index contributed by atoms with van der Waals surface area (Å²) in [5.74, 6) is 0.407. The minimum absolute atomic E-state index is 0.324. The van der Waals surface area contributed by atoms with E-state index in [-0.39, 0.29) is 0 Å². The van der Waals surface area contributed by atoms with Gasteiger partial charge in [0.05, 0.1) is 5.69 Å². The number of rotatable bonds is 3. The molecule has 1 aromatic heterocycles. The summed E-state index contributed by atoms with van der Waals surface area (Å²) in [6, 6.07) is 13.0. The molecule has 0 amide bonds. The molecule has 6 heteroatoms. The zero-order valence-corrected chi connectivity index (χ0v) is 14.2. The molecule has 0 bridgehead atoms. The van der Waals surface area contributed by atoms with Gasteiger partial charge in [0.1, 0.15) is 24.0 Å². The molecule has 4 nitrogen and oxygen atoms in total. The number of nitrogens with zero attached hydrogens (tertiary/aromatic N) is 2. The van der Waals surface area contributed by atoms with E-state index in [0.29, 0.717) is 16.6 Å². The molecule has 0 spiro atoms. The van der Waals surface area contributed by atoms with Crippen LogP contribution in [0.5, 0.6) is 0 Å². The van der Waals surface area contributed by atoms with Crippen LogP contribution in [-0.4, -0.2) is 17.2 Å². The SMILES string of the molecule is CI.CO[n+]1cccc(C(Cl)=Nc2ccccc2)c1N. The van der Waals surface area contributed by atoms with Crippen molar-refractivity contribution < 1.29 is 9.57 Å². The lowest BCUT2D eigenvalue weighted by molar-refractivity contribution is -0.874. The van der Waals surface area contributed by atoms with E-state index in [0.717, 1.165) is 5.69 Å². The first-order valence-electron chi connectivity index (χ1n) is 5.74. The van der Waals surface area contributed by atoms with Crippen molar-refractivity contribution in [1.82, 2.24) is 0 Å². The Bertz CT molecular complexity index is 576. The number of hydrogen-bond donors (Lipinski definition) is 1. The number of pyridine rings is 1. The van der Waals surface area contributed by atoms with Gasteiger partial charge in [-0.1, -0.05) is 52.4 Å². The third-order valence-electron chi connectivity index (χ3n) is 2.40. The van der Waals surface area contributed by atoms with E-state index in [1.807, 2.05) is 35.3 Å². The Labute approximate surface area is 137 Å². The molecule has 20 heavy (non-hydrogen) atoms. The Morgan fingerprint density at radius 3 is 2.45 bits per heavy atom. The molecular formula is C14H16ClIN3O+. The molecule has 0 aliphatic rings. The number of benzene rings is 1. The summed E-state index contributed by atoms with van der Waals surface area (Å²) in [5, 5.41) is 0.324. The first-order chi connectivity index (χ1) is 9.72. The van der Waals surface area contributed by atoms with Crippen LogP contribution in [0.25, 0.3) is 0 Å².